The Hall–Kier alpha value is -1.81. The summed E-state index contributed by atoms with van der Waals surface area (Å²) >= 11 is 0. The molecular weight excluding hydrogens is 192 g/mol. The highest BCUT2D eigenvalue weighted by atomic mass is 16.4. The predicted octanol–water partition coefficient (Wildman–Crippen LogP) is 1.12. The molecule has 4 N–H and O–H groups in total. The maximum absolute atomic E-state index is 11.3. The number of fused-ring (bicyclic) bond motifs is 1. The predicted molar refractivity (Wildman–Crippen MR) is 57.6 cm³/mol. The Kier molecular flexibility index (Phi) is 0.994. The van der Waals surface area contributed by atoms with E-state index in [0.717, 1.165) is 0 Å². The molecule has 1 atom stereocenters. The van der Waals surface area contributed by atoms with Crippen molar-refractivity contribution in [3.8, 4) is 0 Å². The molecule has 4 nitrogen and oxygen atoms in total. The summed E-state index contributed by atoms with van der Waals surface area (Å²) in [6.07, 6.45) is -3.70. The highest BCUT2D eigenvalue weighted by Gasteiger charge is 2.14. The van der Waals surface area contributed by atoms with Crippen LogP contribution in [0.15, 0.2) is 30.4 Å². The van der Waals surface area contributed by atoms with Crippen LogP contribution in [0.4, 0.5) is 0 Å². The minimum Gasteiger partial charge on any atom is -0.480 e. The van der Waals surface area contributed by atoms with Gasteiger partial charge in [-0.3, -0.25) is 4.79 Å². The number of carboxylic acid groups (broad SMARTS) is 1. The largest absolute Gasteiger partial charge is 0.480 e. The monoisotopic (exact) mass is 212 g/mol. The Balaban J connectivity index is 2.84. The normalized spacial score (nSPS) is 23.8. The number of carboxylic acids is 1. The number of carbonyl (C=O) groups is 1. The second kappa shape index (κ2) is 3.74. The number of hydrogen-bond donors (Lipinski definition) is 3. The van der Waals surface area contributed by atoms with Gasteiger partial charge in [0.15, 0.2) is 0 Å². The van der Waals surface area contributed by atoms with E-state index in [-0.39, 0.29) is 23.0 Å². The molecule has 78 valence electrons. The van der Waals surface area contributed by atoms with Crippen molar-refractivity contribution in [2.45, 2.75) is 12.4 Å². The molecule has 2 aromatic rings. The van der Waals surface area contributed by atoms with Crippen molar-refractivity contribution in [1.82, 2.24) is 4.98 Å². The van der Waals surface area contributed by atoms with Crippen molar-refractivity contribution in [3.63, 3.8) is 0 Å². The van der Waals surface area contributed by atoms with Gasteiger partial charge in [-0.25, -0.2) is 0 Å². The van der Waals surface area contributed by atoms with Crippen molar-refractivity contribution in [3.05, 3.63) is 36.0 Å². The lowest BCUT2D eigenvalue weighted by Crippen LogP contribution is -2.32. The smallest absolute Gasteiger partial charge is 0.320 e. The molecule has 0 aliphatic heterocycles. The molecule has 1 unspecified atom stereocenters. The quantitative estimate of drug-likeness (QED) is 0.710. The van der Waals surface area contributed by atoms with Crippen LogP contribution in [-0.2, 0) is 11.2 Å². The van der Waals surface area contributed by atoms with Crippen LogP contribution in [-0.4, -0.2) is 22.1 Å². The van der Waals surface area contributed by atoms with E-state index in [1.165, 1.54) is 12.1 Å². The lowest BCUT2D eigenvalue weighted by Gasteiger charge is -2.04. The average molecular weight is 212 g/mol. The fraction of sp³-hybridized carbons (Fsp3) is 0.182. The summed E-state index contributed by atoms with van der Waals surface area (Å²) < 4.78 is 61.2. The molecule has 1 aromatic heterocycles. The van der Waals surface area contributed by atoms with Gasteiger partial charge in [0.05, 0.1) is 5.48 Å². The van der Waals surface area contributed by atoms with E-state index in [1.54, 1.807) is 0 Å². The van der Waals surface area contributed by atoms with Crippen LogP contribution in [0.25, 0.3) is 10.9 Å². The Labute approximate surface area is 98.1 Å². The van der Waals surface area contributed by atoms with Gasteiger partial charge >= 0.3 is 5.97 Å². The number of aliphatic carboxylic acids is 1. The molecule has 0 fully saturated rings. The van der Waals surface area contributed by atoms with Gasteiger partial charge in [-0.1, -0.05) is 18.2 Å². The molecule has 1 aromatic carbocycles. The first kappa shape index (κ1) is 3.98. The summed E-state index contributed by atoms with van der Waals surface area (Å²) in [5.74, 6) is -2.07. The van der Waals surface area contributed by atoms with Gasteiger partial charge in [0.1, 0.15) is 8.84 Å². The van der Waals surface area contributed by atoms with Crippen molar-refractivity contribution in [2.75, 3.05) is 0 Å². The van der Waals surface area contributed by atoms with Crippen molar-refractivity contribution < 1.29 is 20.9 Å². The van der Waals surface area contributed by atoms with E-state index in [9.17, 15) is 4.79 Å². The van der Waals surface area contributed by atoms with E-state index in [0.29, 0.717) is 0 Å². The first-order valence-corrected chi connectivity index (χ1v) is 4.06. The number of aromatic nitrogens is 1. The molecule has 0 radical (unpaired) electrons. The van der Waals surface area contributed by atoms with Crippen LogP contribution in [0.1, 0.15) is 13.8 Å². The van der Waals surface area contributed by atoms with Gasteiger partial charge in [0, 0.05) is 26.2 Å². The van der Waals surface area contributed by atoms with E-state index in [2.05, 4.69) is 4.98 Å². The SMILES string of the molecule is [2H]c1ccc2c(C([2H])([2H])C([2H])(C(=O)O)N([2H])[2H])c([2H])[nH]c2c1[2H]. The summed E-state index contributed by atoms with van der Waals surface area (Å²) in [4.78, 5) is 13.7. The topological polar surface area (TPSA) is 79.1 Å². The third-order valence-corrected chi connectivity index (χ3v) is 1.83. The Morgan fingerprint density at radius 3 is 3.53 bits per heavy atom. The second-order valence-electron chi connectivity index (χ2n) is 2.80. The summed E-state index contributed by atoms with van der Waals surface area (Å²) in [6, 6.07) is -1.40. The lowest BCUT2D eigenvalue weighted by molar-refractivity contribution is -0.138. The molecule has 0 spiro atoms. The molecular formula is C11H12N2O2. The summed E-state index contributed by atoms with van der Waals surface area (Å²) in [6.45, 7) is 0. The maximum Gasteiger partial charge on any atom is 0.320 e. The van der Waals surface area contributed by atoms with E-state index in [1.807, 2.05) is 0 Å². The Morgan fingerprint density at radius 1 is 1.93 bits per heavy atom. The zero-order chi connectivity index (χ0) is 17.7. The number of nitrogens with two attached hydrogens (primary N) is 1. The van der Waals surface area contributed by atoms with Crippen LogP contribution in [0, 0.1) is 0 Å². The van der Waals surface area contributed by atoms with E-state index in [4.69, 9.17) is 16.2 Å². The van der Waals surface area contributed by atoms with Crippen molar-refractivity contribution >= 4 is 16.9 Å². The number of benzene rings is 1. The molecule has 0 aliphatic carbocycles. The molecule has 4 heteroatoms. The van der Waals surface area contributed by atoms with Gasteiger partial charge in [0.25, 0.3) is 0 Å². The summed E-state index contributed by atoms with van der Waals surface area (Å²) in [7, 11) is 0. The highest BCUT2D eigenvalue weighted by molar-refractivity contribution is 5.84. The summed E-state index contributed by atoms with van der Waals surface area (Å²) in [5.41, 5.74) is -1.17. The molecule has 0 aliphatic rings. The third-order valence-electron chi connectivity index (χ3n) is 1.83. The van der Waals surface area contributed by atoms with Gasteiger partial charge in [-0.05, 0) is 11.6 Å². The molecule has 0 bridgehead atoms. The molecule has 2 rings (SSSR count). The zero-order valence-electron chi connectivity index (χ0n) is 15.5. The number of aromatic amines is 1. The number of hydrogen-bond acceptors (Lipinski definition) is 2. The van der Waals surface area contributed by atoms with Crippen molar-refractivity contribution in [2.24, 2.45) is 5.72 Å². The number of para-hydroxylation sites is 1. The van der Waals surface area contributed by atoms with Crippen LogP contribution >= 0.6 is 0 Å². The fourth-order valence-corrected chi connectivity index (χ4v) is 1.16. The molecule has 0 saturated carbocycles. The van der Waals surface area contributed by atoms with Gasteiger partial charge < -0.3 is 15.8 Å². The van der Waals surface area contributed by atoms with E-state index < -0.39 is 35.8 Å². The van der Waals surface area contributed by atoms with Gasteiger partial charge in [-0.2, -0.15) is 0 Å². The fourth-order valence-electron chi connectivity index (χ4n) is 1.16. The summed E-state index contributed by atoms with van der Waals surface area (Å²) in [5, 5.41) is 9.11. The van der Waals surface area contributed by atoms with Crippen molar-refractivity contribution in [1.29, 1.82) is 0 Å². The molecule has 0 saturated heterocycles. The van der Waals surface area contributed by atoms with Gasteiger partial charge in [0.2, 0.25) is 0 Å². The third kappa shape index (κ3) is 1.85. The van der Waals surface area contributed by atoms with E-state index >= 15 is 0 Å². The Morgan fingerprint density at radius 2 is 2.80 bits per heavy atom. The average Bonchev–Trinajstić information content (AvgIpc) is 2.79. The maximum atomic E-state index is 11.3. The first-order valence-electron chi connectivity index (χ1n) is 7.96. The molecule has 1 heterocycles. The molecule has 0 amide bonds. The highest BCUT2D eigenvalue weighted by Crippen LogP contribution is 2.18. The Bertz CT molecular complexity index is 790. The minimum absolute atomic E-state index is 0.0410. The zero-order valence-corrected chi connectivity index (χ0v) is 7.46. The number of H-pyrrole nitrogens is 1. The lowest BCUT2D eigenvalue weighted by atomic mass is 10.1. The second-order valence-corrected chi connectivity index (χ2v) is 2.80. The van der Waals surface area contributed by atoms with Crippen LogP contribution in [0.2, 0.25) is 2.82 Å². The minimum atomic E-state index is -3.33. The van der Waals surface area contributed by atoms with Crippen LogP contribution in [0.3, 0.4) is 0 Å². The number of nitrogens with one attached hydrogen (secondary N) is 1. The molecule has 15 heavy (non-hydrogen) atoms. The van der Waals surface area contributed by atoms with Gasteiger partial charge in [-0.15, -0.1) is 0 Å². The van der Waals surface area contributed by atoms with Crippen LogP contribution in [0.5, 0.6) is 0 Å². The standard InChI is InChI=1S/C11H12N2O2/c12-9(11(14)15)5-7-6-13-10-4-2-1-3-8(7)10/h1-4,6,9,13H,5,12H2,(H,14,15)/i2D,4D,5D2,6D,9D/hD2. The number of rotatable bonds is 4. The first-order chi connectivity index (χ1) is 10.5. The van der Waals surface area contributed by atoms with Crippen LogP contribution < -0.4 is 5.72 Å².